The fourth-order valence-electron chi connectivity index (χ4n) is 1.65. The molecule has 0 saturated heterocycles. The molecule has 1 amide bonds. The highest BCUT2D eigenvalue weighted by Crippen LogP contribution is 2.05. The number of nitrogens with one attached hydrogen (secondary N) is 1. The van der Waals surface area contributed by atoms with Gasteiger partial charge in [0.1, 0.15) is 6.04 Å². The molecule has 0 aromatic heterocycles. The van der Waals surface area contributed by atoms with E-state index in [1.165, 1.54) is 7.11 Å². The number of rotatable bonds is 8. The predicted octanol–water partition coefficient (Wildman–Crippen LogP) is 0.705. The summed E-state index contributed by atoms with van der Waals surface area (Å²) in [5, 5.41) is 11.1. The van der Waals surface area contributed by atoms with E-state index in [1.807, 2.05) is 30.3 Å². The topological polar surface area (TPSA) is 92.7 Å². The molecule has 0 aliphatic carbocycles. The number of hydrogen-bond donors (Lipinski definition) is 2. The lowest BCUT2D eigenvalue weighted by molar-refractivity contribution is -0.144. The summed E-state index contributed by atoms with van der Waals surface area (Å²) in [5.41, 5.74) is 0.895. The first-order valence-corrected chi connectivity index (χ1v) is 7.39. The Morgan fingerprint density at radius 2 is 1.90 bits per heavy atom. The zero-order valence-electron chi connectivity index (χ0n) is 11.6. The van der Waals surface area contributed by atoms with E-state index in [-0.39, 0.29) is 11.5 Å². The van der Waals surface area contributed by atoms with Gasteiger partial charge < -0.3 is 15.2 Å². The lowest BCUT2D eigenvalue weighted by Crippen LogP contribution is -2.43. The molecule has 0 radical (unpaired) electrons. The van der Waals surface area contributed by atoms with Gasteiger partial charge in [0.05, 0.1) is 18.6 Å². The Balaban J connectivity index is 2.56. The van der Waals surface area contributed by atoms with Crippen molar-refractivity contribution in [3.05, 3.63) is 35.9 Å². The summed E-state index contributed by atoms with van der Waals surface area (Å²) in [6.45, 7) is 0. The Morgan fingerprint density at radius 3 is 2.48 bits per heavy atom. The average molecular weight is 311 g/mol. The van der Waals surface area contributed by atoms with Crippen LogP contribution in [0.2, 0.25) is 0 Å². The lowest BCUT2D eigenvalue weighted by atomic mass is 10.1. The predicted molar refractivity (Wildman–Crippen MR) is 79.1 cm³/mol. The van der Waals surface area contributed by atoms with E-state index in [4.69, 9.17) is 5.11 Å². The minimum Gasteiger partial charge on any atom is -0.481 e. The van der Waals surface area contributed by atoms with Crippen molar-refractivity contribution in [1.29, 1.82) is 0 Å². The number of benzene rings is 1. The van der Waals surface area contributed by atoms with Gasteiger partial charge in [0.2, 0.25) is 5.91 Å². The third kappa shape index (κ3) is 6.80. The minimum atomic E-state index is -0.985. The summed E-state index contributed by atoms with van der Waals surface area (Å²) >= 11 is 0.973. The van der Waals surface area contributed by atoms with Gasteiger partial charge in [0, 0.05) is 6.42 Å². The molecule has 2 N–H and O–H groups in total. The number of amides is 1. The van der Waals surface area contributed by atoms with Crippen LogP contribution in [-0.2, 0) is 25.5 Å². The van der Waals surface area contributed by atoms with Crippen LogP contribution in [0.5, 0.6) is 0 Å². The van der Waals surface area contributed by atoms with Gasteiger partial charge in [-0.05, 0) is 5.56 Å². The molecule has 0 saturated carbocycles. The van der Waals surface area contributed by atoms with E-state index in [0.717, 1.165) is 17.3 Å². The maximum Gasteiger partial charge on any atom is 0.328 e. The third-order valence-corrected chi connectivity index (χ3v) is 3.48. The van der Waals surface area contributed by atoms with Crippen LogP contribution in [0.1, 0.15) is 5.56 Å². The number of ether oxygens (including phenoxy) is 1. The average Bonchev–Trinajstić information content (AvgIpc) is 2.46. The maximum absolute atomic E-state index is 11.7. The van der Waals surface area contributed by atoms with Crippen molar-refractivity contribution >= 4 is 29.6 Å². The van der Waals surface area contributed by atoms with Crippen LogP contribution in [0.4, 0.5) is 0 Å². The molecule has 6 nitrogen and oxygen atoms in total. The molecule has 0 heterocycles. The Bertz CT molecular complexity index is 491. The van der Waals surface area contributed by atoms with Gasteiger partial charge in [-0.1, -0.05) is 30.3 Å². The fraction of sp³-hybridized carbons (Fsp3) is 0.357. The van der Waals surface area contributed by atoms with Crippen molar-refractivity contribution in [3.8, 4) is 0 Å². The quantitative estimate of drug-likeness (QED) is 0.687. The minimum absolute atomic E-state index is 0.0193. The zero-order valence-corrected chi connectivity index (χ0v) is 12.4. The van der Waals surface area contributed by atoms with E-state index in [2.05, 4.69) is 10.1 Å². The Morgan fingerprint density at radius 1 is 1.24 bits per heavy atom. The second kappa shape index (κ2) is 9.02. The van der Waals surface area contributed by atoms with Gasteiger partial charge in [0.25, 0.3) is 0 Å². The number of hydrogen-bond acceptors (Lipinski definition) is 5. The van der Waals surface area contributed by atoms with E-state index < -0.39 is 23.9 Å². The summed E-state index contributed by atoms with van der Waals surface area (Å²) < 4.78 is 4.67. The fourth-order valence-corrected chi connectivity index (χ4v) is 2.20. The van der Waals surface area contributed by atoms with E-state index in [9.17, 15) is 14.4 Å². The SMILES string of the molecule is COC(=O)C(Cc1ccccc1)NC(=O)CSCC(=O)O. The number of carboxylic acids is 1. The smallest absolute Gasteiger partial charge is 0.328 e. The van der Waals surface area contributed by atoms with Crippen molar-refractivity contribution in [2.24, 2.45) is 0 Å². The number of carboxylic acid groups (broad SMARTS) is 1. The summed E-state index contributed by atoms with van der Waals surface area (Å²) in [5.74, 6) is -2.09. The molecular formula is C14H17NO5S. The molecule has 1 unspecified atom stereocenters. The van der Waals surface area contributed by atoms with Gasteiger partial charge in [-0.2, -0.15) is 0 Å². The molecule has 114 valence electrons. The molecule has 0 aliphatic rings. The molecule has 7 heteroatoms. The van der Waals surface area contributed by atoms with Crippen LogP contribution < -0.4 is 5.32 Å². The summed E-state index contributed by atoms with van der Waals surface area (Å²) in [4.78, 5) is 33.8. The van der Waals surface area contributed by atoms with Gasteiger partial charge in [-0.3, -0.25) is 9.59 Å². The second-order valence-electron chi connectivity index (χ2n) is 4.22. The molecule has 21 heavy (non-hydrogen) atoms. The normalized spacial score (nSPS) is 11.5. The summed E-state index contributed by atoms with van der Waals surface area (Å²) in [7, 11) is 1.26. The lowest BCUT2D eigenvalue weighted by Gasteiger charge is -2.16. The first-order chi connectivity index (χ1) is 10.0. The zero-order chi connectivity index (χ0) is 15.7. The van der Waals surface area contributed by atoms with Crippen molar-refractivity contribution in [1.82, 2.24) is 5.32 Å². The molecule has 0 spiro atoms. The van der Waals surface area contributed by atoms with Crippen molar-refractivity contribution in [2.75, 3.05) is 18.6 Å². The Kier molecular flexibility index (Phi) is 7.31. The van der Waals surface area contributed by atoms with Crippen LogP contribution in [0, 0.1) is 0 Å². The van der Waals surface area contributed by atoms with Crippen LogP contribution >= 0.6 is 11.8 Å². The second-order valence-corrected chi connectivity index (χ2v) is 5.21. The van der Waals surface area contributed by atoms with Gasteiger partial charge in [0.15, 0.2) is 0 Å². The summed E-state index contributed by atoms with van der Waals surface area (Å²) in [6, 6.07) is 8.46. The van der Waals surface area contributed by atoms with Crippen molar-refractivity contribution in [3.63, 3.8) is 0 Å². The summed E-state index contributed by atoms with van der Waals surface area (Å²) in [6.07, 6.45) is 0.322. The molecule has 0 bridgehead atoms. The highest BCUT2D eigenvalue weighted by Gasteiger charge is 2.21. The largest absolute Gasteiger partial charge is 0.481 e. The molecular weight excluding hydrogens is 294 g/mol. The van der Waals surface area contributed by atoms with E-state index >= 15 is 0 Å². The Labute approximate surface area is 126 Å². The first-order valence-electron chi connectivity index (χ1n) is 6.23. The number of carbonyl (C=O) groups excluding carboxylic acids is 2. The number of esters is 1. The van der Waals surface area contributed by atoms with Gasteiger partial charge in [-0.15, -0.1) is 11.8 Å². The van der Waals surface area contributed by atoms with Crippen molar-refractivity contribution < 1.29 is 24.2 Å². The third-order valence-electron chi connectivity index (χ3n) is 2.56. The molecule has 1 rings (SSSR count). The molecule has 1 aromatic carbocycles. The van der Waals surface area contributed by atoms with E-state index in [0.29, 0.717) is 6.42 Å². The highest BCUT2D eigenvalue weighted by molar-refractivity contribution is 8.00. The van der Waals surface area contributed by atoms with Crippen LogP contribution in [0.25, 0.3) is 0 Å². The standard InChI is InChI=1S/C14H17NO5S/c1-20-14(19)11(7-10-5-3-2-4-6-10)15-12(16)8-21-9-13(17)18/h2-6,11H,7-9H2,1H3,(H,15,16)(H,17,18). The van der Waals surface area contributed by atoms with E-state index in [1.54, 1.807) is 0 Å². The van der Waals surface area contributed by atoms with Gasteiger partial charge in [-0.25, -0.2) is 4.79 Å². The maximum atomic E-state index is 11.7. The molecule has 0 fully saturated rings. The molecule has 1 atom stereocenters. The van der Waals surface area contributed by atoms with Crippen LogP contribution in [0.15, 0.2) is 30.3 Å². The van der Waals surface area contributed by atoms with Crippen molar-refractivity contribution in [2.45, 2.75) is 12.5 Å². The van der Waals surface area contributed by atoms with Crippen LogP contribution in [0.3, 0.4) is 0 Å². The van der Waals surface area contributed by atoms with Crippen LogP contribution in [-0.4, -0.2) is 47.6 Å². The first kappa shape index (κ1) is 17.0. The molecule has 0 aliphatic heterocycles. The highest BCUT2D eigenvalue weighted by atomic mass is 32.2. The monoisotopic (exact) mass is 311 g/mol. The number of aliphatic carboxylic acids is 1. The van der Waals surface area contributed by atoms with Gasteiger partial charge >= 0.3 is 11.9 Å². The Hall–Kier alpha value is -2.02. The number of thioether (sulfide) groups is 1. The number of carbonyl (C=O) groups is 3. The molecule has 1 aromatic rings. The number of methoxy groups -OCH3 is 1.